The van der Waals surface area contributed by atoms with Crippen LogP contribution in [0.4, 0.5) is 4.79 Å². The maximum absolute atomic E-state index is 13.4. The average Bonchev–Trinajstić information content (AvgIpc) is 2.85. The van der Waals surface area contributed by atoms with Gasteiger partial charge >= 0.3 is 6.09 Å². The van der Waals surface area contributed by atoms with Gasteiger partial charge in [0.25, 0.3) is 0 Å². The van der Waals surface area contributed by atoms with E-state index >= 15 is 0 Å². The molecule has 5 nitrogen and oxygen atoms in total. The van der Waals surface area contributed by atoms with Crippen LogP contribution in [0.25, 0.3) is 0 Å². The number of hydrogen-bond donors (Lipinski definition) is 2. The lowest BCUT2D eigenvalue weighted by atomic mass is 9.77. The van der Waals surface area contributed by atoms with Gasteiger partial charge in [-0.2, -0.15) is 0 Å². The van der Waals surface area contributed by atoms with Gasteiger partial charge in [0.2, 0.25) is 5.91 Å². The fourth-order valence-electron chi connectivity index (χ4n) is 4.05. The molecule has 0 radical (unpaired) electrons. The number of alkyl carbamates (subject to hydrolysis) is 1. The maximum Gasteiger partial charge on any atom is 0.408 e. The molecule has 0 spiro atoms. The zero-order chi connectivity index (χ0) is 25.3. The third-order valence-corrected chi connectivity index (χ3v) is 5.62. The monoisotopic (exact) mass is 470 g/mol. The number of carbonyl (C=O) groups excluding carboxylic acids is 2. The fraction of sp³-hybridized carbons (Fsp3) is 0.267. The summed E-state index contributed by atoms with van der Waals surface area (Å²) in [5.74, 6) is -0.139. The van der Waals surface area contributed by atoms with Crippen LogP contribution in [-0.2, 0) is 15.1 Å². The molecular weight excluding hydrogens is 436 g/mol. The van der Waals surface area contributed by atoms with Crippen LogP contribution in [0.1, 0.15) is 50.3 Å². The number of rotatable bonds is 9. The second kappa shape index (κ2) is 11.5. The van der Waals surface area contributed by atoms with Crippen molar-refractivity contribution in [2.75, 3.05) is 0 Å². The van der Waals surface area contributed by atoms with E-state index in [1.54, 1.807) is 26.8 Å². The lowest BCUT2D eigenvalue weighted by molar-refractivity contribution is -0.122. The molecule has 1 unspecified atom stereocenters. The molecule has 0 aliphatic rings. The van der Waals surface area contributed by atoms with E-state index < -0.39 is 23.3 Å². The Hall–Kier alpha value is -3.86. The Bertz CT molecular complexity index is 1010. The van der Waals surface area contributed by atoms with Crippen LogP contribution in [0.5, 0.6) is 0 Å². The number of ether oxygens (including phenoxy) is 1. The molecule has 3 aromatic rings. The van der Waals surface area contributed by atoms with Gasteiger partial charge in [0.05, 0.1) is 6.04 Å². The second-order valence-electron chi connectivity index (χ2n) is 9.42. The van der Waals surface area contributed by atoms with Gasteiger partial charge < -0.3 is 15.4 Å². The summed E-state index contributed by atoms with van der Waals surface area (Å²) in [4.78, 5) is 25.6. The van der Waals surface area contributed by atoms with Crippen molar-refractivity contribution in [1.82, 2.24) is 10.6 Å². The molecule has 3 rings (SSSR count). The van der Waals surface area contributed by atoms with E-state index in [0.29, 0.717) is 6.42 Å². The third kappa shape index (κ3) is 6.82. The summed E-state index contributed by atoms with van der Waals surface area (Å²) in [6.45, 7) is 9.22. The molecule has 0 saturated heterocycles. The molecule has 0 aromatic heterocycles. The van der Waals surface area contributed by atoms with Gasteiger partial charge in [-0.1, -0.05) is 97.1 Å². The Kier molecular flexibility index (Phi) is 8.48. The SMILES string of the molecule is C=CC(CCC(=O)NC(c1ccccc1)(c1ccccc1)c1ccccc1)NC(=O)OC(C)(C)C. The number of hydrogen-bond acceptors (Lipinski definition) is 3. The van der Waals surface area contributed by atoms with Crippen molar-refractivity contribution < 1.29 is 14.3 Å². The Morgan fingerprint density at radius 3 is 1.63 bits per heavy atom. The highest BCUT2D eigenvalue weighted by Crippen LogP contribution is 2.36. The van der Waals surface area contributed by atoms with Gasteiger partial charge in [0.1, 0.15) is 11.1 Å². The van der Waals surface area contributed by atoms with E-state index in [1.807, 2.05) is 91.0 Å². The fourth-order valence-corrected chi connectivity index (χ4v) is 4.05. The molecule has 0 aliphatic heterocycles. The summed E-state index contributed by atoms with van der Waals surface area (Å²) in [5, 5.41) is 6.11. The Balaban J connectivity index is 1.88. The van der Waals surface area contributed by atoms with E-state index in [9.17, 15) is 9.59 Å². The highest BCUT2D eigenvalue weighted by atomic mass is 16.6. The molecule has 3 aromatic carbocycles. The third-order valence-electron chi connectivity index (χ3n) is 5.62. The molecule has 0 heterocycles. The van der Waals surface area contributed by atoms with Crippen LogP contribution < -0.4 is 10.6 Å². The predicted molar refractivity (Wildman–Crippen MR) is 140 cm³/mol. The lowest BCUT2D eigenvalue weighted by Crippen LogP contribution is -2.48. The lowest BCUT2D eigenvalue weighted by Gasteiger charge is -2.37. The van der Waals surface area contributed by atoms with Crippen molar-refractivity contribution in [1.29, 1.82) is 0 Å². The van der Waals surface area contributed by atoms with Crippen molar-refractivity contribution in [3.63, 3.8) is 0 Å². The van der Waals surface area contributed by atoms with Gasteiger partial charge in [-0.15, -0.1) is 6.58 Å². The summed E-state index contributed by atoms with van der Waals surface area (Å²) < 4.78 is 5.33. The Morgan fingerprint density at radius 2 is 1.26 bits per heavy atom. The molecule has 5 heteroatoms. The summed E-state index contributed by atoms with van der Waals surface area (Å²) in [6, 6.07) is 29.5. The van der Waals surface area contributed by atoms with Crippen LogP contribution in [0, 0.1) is 0 Å². The molecule has 35 heavy (non-hydrogen) atoms. The molecule has 0 saturated carbocycles. The zero-order valence-corrected chi connectivity index (χ0v) is 20.7. The van der Waals surface area contributed by atoms with Crippen molar-refractivity contribution in [3.05, 3.63) is 120 Å². The van der Waals surface area contributed by atoms with Gasteiger partial charge in [-0.05, 0) is 43.9 Å². The van der Waals surface area contributed by atoms with Crippen LogP contribution in [-0.4, -0.2) is 23.6 Å². The number of amides is 2. The predicted octanol–water partition coefficient (Wildman–Crippen LogP) is 5.95. The largest absolute Gasteiger partial charge is 0.444 e. The first-order valence-corrected chi connectivity index (χ1v) is 11.8. The maximum atomic E-state index is 13.4. The van der Waals surface area contributed by atoms with E-state index in [2.05, 4.69) is 17.2 Å². The Labute approximate surface area is 208 Å². The first-order chi connectivity index (χ1) is 16.7. The van der Waals surface area contributed by atoms with E-state index in [0.717, 1.165) is 16.7 Å². The molecule has 0 bridgehead atoms. The number of carbonyl (C=O) groups is 2. The summed E-state index contributed by atoms with van der Waals surface area (Å²) >= 11 is 0. The molecule has 2 amide bonds. The van der Waals surface area contributed by atoms with Crippen molar-refractivity contribution >= 4 is 12.0 Å². The normalized spacial score (nSPS) is 12.3. The highest BCUT2D eigenvalue weighted by Gasteiger charge is 2.37. The van der Waals surface area contributed by atoms with Crippen LogP contribution in [0.15, 0.2) is 104 Å². The van der Waals surface area contributed by atoms with Crippen LogP contribution in [0.2, 0.25) is 0 Å². The molecule has 0 fully saturated rings. The summed E-state index contributed by atoms with van der Waals surface area (Å²) in [5.41, 5.74) is 1.39. The Morgan fingerprint density at radius 1 is 0.829 bits per heavy atom. The van der Waals surface area contributed by atoms with E-state index in [4.69, 9.17) is 4.74 Å². The molecule has 182 valence electrons. The number of benzene rings is 3. The topological polar surface area (TPSA) is 67.4 Å². The number of nitrogens with one attached hydrogen (secondary N) is 2. The molecule has 2 N–H and O–H groups in total. The zero-order valence-electron chi connectivity index (χ0n) is 20.7. The minimum absolute atomic E-state index is 0.139. The first kappa shape index (κ1) is 25.8. The van der Waals surface area contributed by atoms with Gasteiger partial charge in [0.15, 0.2) is 0 Å². The van der Waals surface area contributed by atoms with Crippen molar-refractivity contribution in [2.24, 2.45) is 0 Å². The molecular formula is C30H34N2O3. The molecule has 1 atom stereocenters. The standard InChI is InChI=1S/C30H34N2O3/c1-5-26(31-28(34)35-29(2,3)4)21-22-27(33)32-30(23-15-9-6-10-16-23,24-17-11-7-12-18-24)25-19-13-8-14-20-25/h5-20,26H,1,21-22H2,2-4H3,(H,31,34)(H,32,33). The van der Waals surface area contributed by atoms with Crippen molar-refractivity contribution in [3.8, 4) is 0 Å². The minimum atomic E-state index is -0.872. The van der Waals surface area contributed by atoms with E-state index in [-0.39, 0.29) is 12.3 Å². The van der Waals surface area contributed by atoms with Gasteiger partial charge in [0, 0.05) is 6.42 Å². The average molecular weight is 471 g/mol. The summed E-state index contributed by atoms with van der Waals surface area (Å²) in [7, 11) is 0. The summed E-state index contributed by atoms with van der Waals surface area (Å²) in [6.07, 6.45) is 1.68. The van der Waals surface area contributed by atoms with Crippen LogP contribution >= 0.6 is 0 Å². The van der Waals surface area contributed by atoms with E-state index in [1.165, 1.54) is 0 Å². The highest BCUT2D eigenvalue weighted by molar-refractivity contribution is 5.79. The van der Waals surface area contributed by atoms with Gasteiger partial charge in [-0.25, -0.2) is 4.79 Å². The van der Waals surface area contributed by atoms with Gasteiger partial charge in [-0.3, -0.25) is 4.79 Å². The molecule has 0 aliphatic carbocycles. The quantitative estimate of drug-likeness (QED) is 0.300. The smallest absolute Gasteiger partial charge is 0.408 e. The second-order valence-corrected chi connectivity index (χ2v) is 9.42. The van der Waals surface area contributed by atoms with Crippen LogP contribution in [0.3, 0.4) is 0 Å². The van der Waals surface area contributed by atoms with Crippen molar-refractivity contribution in [2.45, 2.75) is 50.8 Å². The first-order valence-electron chi connectivity index (χ1n) is 11.8. The minimum Gasteiger partial charge on any atom is -0.444 e.